The third kappa shape index (κ3) is 5.56. The number of non-ortho nitro benzene ring substituents is 1. The van der Waals surface area contributed by atoms with Gasteiger partial charge in [0.15, 0.2) is 0 Å². The van der Waals surface area contributed by atoms with Crippen molar-refractivity contribution in [3.63, 3.8) is 0 Å². The summed E-state index contributed by atoms with van der Waals surface area (Å²) in [7, 11) is 3.86. The number of nitro benzene ring substituents is 1. The van der Waals surface area contributed by atoms with Crippen molar-refractivity contribution in [3.05, 3.63) is 69.9 Å². The van der Waals surface area contributed by atoms with Crippen molar-refractivity contribution in [2.24, 2.45) is 0 Å². The number of hydrogen-bond acceptors (Lipinski definition) is 7. The summed E-state index contributed by atoms with van der Waals surface area (Å²) >= 11 is 0. The predicted molar refractivity (Wildman–Crippen MR) is 127 cm³/mol. The Morgan fingerprint density at radius 2 is 1.67 bits per heavy atom. The minimum Gasteiger partial charge on any atom is -0.379 e. The third-order valence-corrected chi connectivity index (χ3v) is 5.17. The molecular weight excluding hydrogens is 424 g/mol. The van der Waals surface area contributed by atoms with Gasteiger partial charge in [0.1, 0.15) is 5.70 Å². The molecule has 2 aromatic rings. The Kier molecular flexibility index (Phi) is 7.44. The van der Waals surface area contributed by atoms with Gasteiger partial charge in [-0.3, -0.25) is 24.6 Å². The Labute approximate surface area is 192 Å². The Hall–Kier alpha value is -3.72. The molecule has 0 bridgehead atoms. The normalized spacial score (nSPS) is 13.8. The molecule has 0 unspecified atom stereocenters. The molecule has 9 nitrogen and oxygen atoms in total. The Morgan fingerprint density at radius 3 is 2.21 bits per heavy atom. The van der Waals surface area contributed by atoms with Crippen LogP contribution in [0.25, 0.3) is 5.57 Å². The zero-order chi connectivity index (χ0) is 24.1. The minimum atomic E-state index is -0.508. The number of benzene rings is 2. The lowest BCUT2D eigenvalue weighted by molar-refractivity contribution is -0.384. The van der Waals surface area contributed by atoms with Gasteiger partial charge in [0.05, 0.1) is 16.6 Å². The third-order valence-electron chi connectivity index (χ3n) is 5.17. The van der Waals surface area contributed by atoms with Gasteiger partial charge in [0, 0.05) is 50.8 Å². The van der Waals surface area contributed by atoms with E-state index in [4.69, 9.17) is 4.74 Å². The standard InChI is InChI=1S/C24H28N4O5/c1-16(2)33-15-5-14-27-23(29)21(17-6-10-20(11-7-17)28(31)32)22(24(27)30)25-18-8-12-19(13-9-18)26(3)4/h6-13,16,25H,5,14-15H2,1-4H3. The quantitative estimate of drug-likeness (QED) is 0.254. The van der Waals surface area contributed by atoms with E-state index in [0.717, 1.165) is 5.69 Å². The molecule has 0 saturated heterocycles. The minimum absolute atomic E-state index is 0.0612. The molecular formula is C24H28N4O5. The van der Waals surface area contributed by atoms with Crippen molar-refractivity contribution >= 4 is 34.4 Å². The highest BCUT2D eigenvalue weighted by atomic mass is 16.6. The molecule has 0 atom stereocenters. The van der Waals surface area contributed by atoms with E-state index in [1.54, 1.807) is 0 Å². The molecule has 9 heteroatoms. The number of ether oxygens (including phenoxy) is 1. The summed E-state index contributed by atoms with van der Waals surface area (Å²) in [5, 5.41) is 14.1. The maximum absolute atomic E-state index is 13.2. The number of nitro groups is 1. The van der Waals surface area contributed by atoms with Crippen LogP contribution in [0.3, 0.4) is 0 Å². The van der Waals surface area contributed by atoms with Crippen molar-refractivity contribution < 1.29 is 19.2 Å². The van der Waals surface area contributed by atoms with Crippen LogP contribution >= 0.6 is 0 Å². The summed E-state index contributed by atoms with van der Waals surface area (Å²) in [5.74, 6) is -0.875. The van der Waals surface area contributed by atoms with Gasteiger partial charge in [0.2, 0.25) is 0 Å². The van der Waals surface area contributed by atoms with Crippen molar-refractivity contribution in [1.82, 2.24) is 4.90 Å². The van der Waals surface area contributed by atoms with Crippen LogP contribution in [0.2, 0.25) is 0 Å². The van der Waals surface area contributed by atoms with E-state index in [1.807, 2.05) is 57.1 Å². The van der Waals surface area contributed by atoms with Crippen LogP contribution < -0.4 is 10.2 Å². The Bertz CT molecular complexity index is 1060. The molecule has 0 aromatic heterocycles. The zero-order valence-corrected chi connectivity index (χ0v) is 19.2. The summed E-state index contributed by atoms with van der Waals surface area (Å²) in [6.45, 7) is 4.48. The summed E-state index contributed by atoms with van der Waals surface area (Å²) < 4.78 is 5.53. The van der Waals surface area contributed by atoms with Gasteiger partial charge in [-0.05, 0) is 62.2 Å². The van der Waals surface area contributed by atoms with Crippen molar-refractivity contribution in [2.75, 3.05) is 37.5 Å². The van der Waals surface area contributed by atoms with Crippen LogP contribution in [-0.4, -0.2) is 55.0 Å². The van der Waals surface area contributed by atoms with Crippen LogP contribution in [0.1, 0.15) is 25.8 Å². The number of amides is 2. The second kappa shape index (κ2) is 10.3. The Morgan fingerprint density at radius 1 is 1.03 bits per heavy atom. The van der Waals surface area contributed by atoms with Crippen molar-refractivity contribution in [2.45, 2.75) is 26.4 Å². The highest BCUT2D eigenvalue weighted by Gasteiger charge is 2.39. The number of nitrogens with zero attached hydrogens (tertiary/aromatic N) is 3. The van der Waals surface area contributed by atoms with Gasteiger partial charge in [0.25, 0.3) is 17.5 Å². The van der Waals surface area contributed by atoms with Crippen LogP contribution in [-0.2, 0) is 14.3 Å². The molecule has 1 heterocycles. The average molecular weight is 453 g/mol. The first-order valence-corrected chi connectivity index (χ1v) is 10.7. The highest BCUT2D eigenvalue weighted by molar-refractivity contribution is 6.36. The second-order valence-corrected chi connectivity index (χ2v) is 8.16. The topological polar surface area (TPSA) is 105 Å². The molecule has 0 radical (unpaired) electrons. The molecule has 0 aliphatic carbocycles. The predicted octanol–water partition coefficient (Wildman–Crippen LogP) is 3.67. The highest BCUT2D eigenvalue weighted by Crippen LogP contribution is 2.32. The lowest BCUT2D eigenvalue weighted by atomic mass is 10.0. The van der Waals surface area contributed by atoms with Gasteiger partial charge < -0.3 is 15.0 Å². The first-order chi connectivity index (χ1) is 15.7. The molecule has 0 fully saturated rings. The summed E-state index contributed by atoms with van der Waals surface area (Å²) in [4.78, 5) is 40.1. The fourth-order valence-electron chi connectivity index (χ4n) is 3.44. The maximum Gasteiger partial charge on any atom is 0.278 e. The fourth-order valence-corrected chi connectivity index (χ4v) is 3.44. The lowest BCUT2D eigenvalue weighted by Gasteiger charge is -2.16. The molecule has 0 spiro atoms. The van der Waals surface area contributed by atoms with E-state index in [-0.39, 0.29) is 29.6 Å². The van der Waals surface area contributed by atoms with E-state index in [1.165, 1.54) is 29.2 Å². The van der Waals surface area contributed by atoms with Gasteiger partial charge in [-0.15, -0.1) is 0 Å². The zero-order valence-electron chi connectivity index (χ0n) is 19.2. The van der Waals surface area contributed by atoms with Crippen LogP contribution in [0, 0.1) is 10.1 Å². The smallest absolute Gasteiger partial charge is 0.278 e. The van der Waals surface area contributed by atoms with Crippen LogP contribution in [0.5, 0.6) is 0 Å². The SMILES string of the molecule is CC(C)OCCCN1C(=O)C(Nc2ccc(N(C)C)cc2)=C(c2ccc([N+](=O)[O-])cc2)C1=O. The maximum atomic E-state index is 13.2. The van der Waals surface area contributed by atoms with Crippen LogP contribution in [0.15, 0.2) is 54.2 Å². The number of rotatable bonds is 10. The van der Waals surface area contributed by atoms with Crippen molar-refractivity contribution in [3.8, 4) is 0 Å². The molecule has 0 saturated carbocycles. The molecule has 174 valence electrons. The summed E-state index contributed by atoms with van der Waals surface area (Å²) in [5.41, 5.74) is 2.33. The molecule has 1 aliphatic rings. The fraction of sp³-hybridized carbons (Fsp3) is 0.333. The number of imide groups is 1. The average Bonchev–Trinajstić information content (AvgIpc) is 3.00. The molecule has 1 aliphatic heterocycles. The summed E-state index contributed by atoms with van der Waals surface area (Å²) in [6, 6.07) is 13.1. The first kappa shape index (κ1) is 23.9. The van der Waals surface area contributed by atoms with E-state index < -0.39 is 16.7 Å². The number of anilines is 2. The van der Waals surface area contributed by atoms with Gasteiger partial charge in [-0.25, -0.2) is 0 Å². The largest absolute Gasteiger partial charge is 0.379 e. The number of carbonyl (C=O) groups is 2. The lowest BCUT2D eigenvalue weighted by Crippen LogP contribution is -2.34. The molecule has 2 amide bonds. The second-order valence-electron chi connectivity index (χ2n) is 8.16. The number of carbonyl (C=O) groups excluding carboxylic acids is 2. The monoisotopic (exact) mass is 452 g/mol. The van der Waals surface area contributed by atoms with Crippen molar-refractivity contribution in [1.29, 1.82) is 0 Å². The van der Waals surface area contributed by atoms with Gasteiger partial charge >= 0.3 is 0 Å². The van der Waals surface area contributed by atoms with Crippen LogP contribution in [0.4, 0.5) is 17.1 Å². The van der Waals surface area contributed by atoms with E-state index >= 15 is 0 Å². The molecule has 1 N–H and O–H groups in total. The van der Waals surface area contributed by atoms with E-state index in [2.05, 4.69) is 5.32 Å². The van der Waals surface area contributed by atoms with E-state index in [9.17, 15) is 19.7 Å². The number of nitrogens with one attached hydrogen (secondary N) is 1. The van der Waals surface area contributed by atoms with E-state index in [0.29, 0.717) is 24.3 Å². The van der Waals surface area contributed by atoms with Gasteiger partial charge in [-0.1, -0.05) is 0 Å². The Balaban J connectivity index is 1.91. The first-order valence-electron chi connectivity index (χ1n) is 10.7. The molecule has 3 rings (SSSR count). The molecule has 2 aromatic carbocycles. The van der Waals surface area contributed by atoms with Gasteiger partial charge in [-0.2, -0.15) is 0 Å². The summed E-state index contributed by atoms with van der Waals surface area (Å²) in [6.07, 6.45) is 0.569. The number of hydrogen-bond donors (Lipinski definition) is 1. The molecule has 33 heavy (non-hydrogen) atoms.